The Morgan fingerprint density at radius 3 is 2.58 bits per heavy atom. The SMILES string of the molecule is CN(CCOc1ccccc1F)c1ccc(S(=O)(=O)N2CCCC2)cn1. The fraction of sp³-hybridized carbons (Fsp3) is 0.389. The predicted molar refractivity (Wildman–Crippen MR) is 97.4 cm³/mol. The molecule has 1 aromatic heterocycles. The Hall–Kier alpha value is -2.19. The van der Waals surface area contributed by atoms with Gasteiger partial charge in [-0.3, -0.25) is 0 Å². The van der Waals surface area contributed by atoms with E-state index < -0.39 is 15.8 Å². The molecule has 26 heavy (non-hydrogen) atoms. The highest BCUT2D eigenvalue weighted by molar-refractivity contribution is 7.89. The van der Waals surface area contributed by atoms with Crippen LogP contribution in [0.15, 0.2) is 47.5 Å². The normalized spacial score (nSPS) is 15.2. The summed E-state index contributed by atoms with van der Waals surface area (Å²) < 4.78 is 45.4. The molecule has 1 aliphatic rings. The molecule has 0 unspecified atom stereocenters. The van der Waals surface area contributed by atoms with E-state index >= 15 is 0 Å². The number of hydrogen-bond donors (Lipinski definition) is 0. The van der Waals surface area contributed by atoms with Crippen molar-refractivity contribution in [2.75, 3.05) is 38.2 Å². The third-order valence-electron chi connectivity index (χ3n) is 4.34. The molecule has 0 saturated carbocycles. The van der Waals surface area contributed by atoms with Crippen LogP contribution in [0.4, 0.5) is 10.2 Å². The monoisotopic (exact) mass is 379 g/mol. The number of aromatic nitrogens is 1. The van der Waals surface area contributed by atoms with E-state index in [1.54, 1.807) is 30.3 Å². The molecule has 1 fully saturated rings. The number of hydrogen-bond acceptors (Lipinski definition) is 5. The van der Waals surface area contributed by atoms with Gasteiger partial charge in [0.15, 0.2) is 11.6 Å². The van der Waals surface area contributed by atoms with Crippen LogP contribution in [0.1, 0.15) is 12.8 Å². The summed E-state index contributed by atoms with van der Waals surface area (Å²) in [6.07, 6.45) is 3.18. The number of nitrogens with zero attached hydrogens (tertiary/aromatic N) is 3. The van der Waals surface area contributed by atoms with Crippen LogP contribution in [0.2, 0.25) is 0 Å². The molecule has 2 aromatic rings. The van der Waals surface area contributed by atoms with E-state index in [9.17, 15) is 12.8 Å². The third kappa shape index (κ3) is 4.13. The number of rotatable bonds is 7. The van der Waals surface area contributed by atoms with Crippen molar-refractivity contribution in [1.29, 1.82) is 0 Å². The summed E-state index contributed by atoms with van der Waals surface area (Å²) in [7, 11) is -1.63. The lowest BCUT2D eigenvalue weighted by Crippen LogP contribution is -2.28. The quantitative estimate of drug-likeness (QED) is 0.740. The number of halogens is 1. The van der Waals surface area contributed by atoms with Gasteiger partial charge in [0.2, 0.25) is 10.0 Å². The number of sulfonamides is 1. The number of pyridine rings is 1. The summed E-state index contributed by atoms with van der Waals surface area (Å²) in [6, 6.07) is 9.49. The number of para-hydroxylation sites is 1. The Morgan fingerprint density at radius 1 is 1.19 bits per heavy atom. The first-order valence-corrected chi connectivity index (χ1v) is 9.97. The maximum Gasteiger partial charge on any atom is 0.244 e. The molecule has 0 spiro atoms. The Kier molecular flexibility index (Phi) is 5.73. The topological polar surface area (TPSA) is 62.7 Å². The van der Waals surface area contributed by atoms with Crippen LogP contribution < -0.4 is 9.64 Å². The van der Waals surface area contributed by atoms with Crippen molar-refractivity contribution in [3.05, 3.63) is 48.4 Å². The molecule has 0 bridgehead atoms. The maximum absolute atomic E-state index is 13.5. The van der Waals surface area contributed by atoms with Crippen molar-refractivity contribution in [3.8, 4) is 5.75 Å². The van der Waals surface area contributed by atoms with E-state index in [2.05, 4.69) is 4.98 Å². The molecule has 6 nitrogen and oxygen atoms in total. The summed E-state index contributed by atoms with van der Waals surface area (Å²) in [5, 5.41) is 0. The Bertz CT molecular complexity index is 837. The summed E-state index contributed by atoms with van der Waals surface area (Å²) in [6.45, 7) is 1.90. The molecule has 0 amide bonds. The highest BCUT2D eigenvalue weighted by atomic mass is 32.2. The van der Waals surface area contributed by atoms with Crippen LogP contribution in [0.3, 0.4) is 0 Å². The minimum absolute atomic E-state index is 0.208. The Labute approximate surface area is 153 Å². The van der Waals surface area contributed by atoms with Crippen molar-refractivity contribution in [3.63, 3.8) is 0 Å². The molecular formula is C18H22FN3O3S. The van der Waals surface area contributed by atoms with Gasteiger partial charge in [0.25, 0.3) is 0 Å². The molecule has 1 aliphatic heterocycles. The summed E-state index contributed by atoms with van der Waals surface area (Å²) in [5.74, 6) is 0.438. The fourth-order valence-corrected chi connectivity index (χ4v) is 4.26. The van der Waals surface area contributed by atoms with Crippen LogP contribution in [0, 0.1) is 5.82 Å². The highest BCUT2D eigenvalue weighted by Gasteiger charge is 2.27. The molecule has 8 heteroatoms. The lowest BCUT2D eigenvalue weighted by Gasteiger charge is -2.19. The zero-order valence-electron chi connectivity index (χ0n) is 14.6. The van der Waals surface area contributed by atoms with Crippen molar-refractivity contribution in [2.24, 2.45) is 0 Å². The van der Waals surface area contributed by atoms with Gasteiger partial charge < -0.3 is 9.64 Å². The lowest BCUT2D eigenvalue weighted by molar-refractivity contribution is 0.309. The van der Waals surface area contributed by atoms with E-state index in [-0.39, 0.29) is 17.3 Å². The number of anilines is 1. The predicted octanol–water partition coefficient (Wildman–Crippen LogP) is 2.52. The Morgan fingerprint density at radius 2 is 1.92 bits per heavy atom. The van der Waals surface area contributed by atoms with Gasteiger partial charge in [-0.1, -0.05) is 12.1 Å². The van der Waals surface area contributed by atoms with Gasteiger partial charge in [0.1, 0.15) is 17.3 Å². The smallest absolute Gasteiger partial charge is 0.244 e. The standard InChI is InChI=1S/C18H22FN3O3S/c1-21(12-13-25-17-7-3-2-6-16(17)19)18-9-8-15(14-20-18)26(23,24)22-10-4-5-11-22/h2-3,6-9,14H,4-5,10-13H2,1H3. The molecule has 1 saturated heterocycles. The van der Waals surface area contributed by atoms with Gasteiger partial charge >= 0.3 is 0 Å². The number of benzene rings is 1. The van der Waals surface area contributed by atoms with E-state index in [0.717, 1.165) is 12.8 Å². The number of ether oxygens (including phenoxy) is 1. The molecular weight excluding hydrogens is 357 g/mol. The van der Waals surface area contributed by atoms with Crippen molar-refractivity contribution >= 4 is 15.8 Å². The van der Waals surface area contributed by atoms with Gasteiger partial charge in [0, 0.05) is 26.3 Å². The molecule has 0 radical (unpaired) electrons. The summed E-state index contributed by atoms with van der Waals surface area (Å²) in [4.78, 5) is 6.28. The third-order valence-corrected chi connectivity index (χ3v) is 6.22. The summed E-state index contributed by atoms with van der Waals surface area (Å²) >= 11 is 0. The van der Waals surface area contributed by atoms with Crippen LogP contribution in [0.25, 0.3) is 0 Å². The second-order valence-corrected chi connectivity index (χ2v) is 8.10. The lowest BCUT2D eigenvalue weighted by atomic mass is 10.3. The maximum atomic E-state index is 13.5. The van der Waals surface area contributed by atoms with Gasteiger partial charge in [-0.05, 0) is 37.1 Å². The largest absolute Gasteiger partial charge is 0.489 e. The second-order valence-electron chi connectivity index (χ2n) is 6.16. The Balaban J connectivity index is 1.58. The molecule has 0 atom stereocenters. The first-order chi connectivity index (χ1) is 12.5. The minimum atomic E-state index is -3.45. The van der Waals surface area contributed by atoms with Crippen molar-refractivity contribution in [2.45, 2.75) is 17.7 Å². The van der Waals surface area contributed by atoms with E-state index in [4.69, 9.17) is 4.74 Å². The second kappa shape index (κ2) is 8.01. The number of likely N-dealkylation sites (N-methyl/N-ethyl adjacent to an activating group) is 1. The average Bonchev–Trinajstić information content (AvgIpc) is 3.19. The van der Waals surface area contributed by atoms with E-state index in [0.29, 0.717) is 25.5 Å². The van der Waals surface area contributed by atoms with Crippen LogP contribution in [0.5, 0.6) is 5.75 Å². The first kappa shape index (κ1) is 18.6. The molecule has 0 aliphatic carbocycles. The zero-order chi connectivity index (χ0) is 18.6. The van der Waals surface area contributed by atoms with Gasteiger partial charge in [0.05, 0.1) is 6.54 Å². The summed E-state index contributed by atoms with van der Waals surface area (Å²) in [5.41, 5.74) is 0. The van der Waals surface area contributed by atoms with Gasteiger partial charge in [-0.25, -0.2) is 17.8 Å². The van der Waals surface area contributed by atoms with Gasteiger partial charge in [-0.15, -0.1) is 0 Å². The molecule has 0 N–H and O–H groups in total. The minimum Gasteiger partial charge on any atom is -0.489 e. The van der Waals surface area contributed by atoms with Gasteiger partial charge in [-0.2, -0.15) is 4.31 Å². The fourth-order valence-electron chi connectivity index (χ4n) is 2.80. The highest BCUT2D eigenvalue weighted by Crippen LogP contribution is 2.21. The molecule has 3 rings (SSSR count). The van der Waals surface area contributed by atoms with E-state index in [1.165, 1.54) is 16.6 Å². The van der Waals surface area contributed by atoms with Crippen LogP contribution in [-0.4, -0.2) is 51.0 Å². The van der Waals surface area contributed by atoms with Crippen molar-refractivity contribution < 1.29 is 17.5 Å². The van der Waals surface area contributed by atoms with E-state index in [1.807, 2.05) is 11.9 Å². The average molecular weight is 379 g/mol. The molecule has 2 heterocycles. The van der Waals surface area contributed by atoms with Crippen LogP contribution >= 0.6 is 0 Å². The van der Waals surface area contributed by atoms with Crippen molar-refractivity contribution in [1.82, 2.24) is 9.29 Å². The zero-order valence-corrected chi connectivity index (χ0v) is 15.5. The molecule has 1 aromatic carbocycles. The van der Waals surface area contributed by atoms with Crippen LogP contribution in [-0.2, 0) is 10.0 Å². The molecule has 140 valence electrons. The first-order valence-electron chi connectivity index (χ1n) is 8.53.